The van der Waals surface area contributed by atoms with Crippen molar-refractivity contribution in [3.8, 4) is 0 Å². The highest BCUT2D eigenvalue weighted by atomic mass is 16.2. The van der Waals surface area contributed by atoms with Gasteiger partial charge in [0, 0.05) is 26.2 Å². The summed E-state index contributed by atoms with van der Waals surface area (Å²) >= 11 is 0. The lowest BCUT2D eigenvalue weighted by molar-refractivity contribution is -0.142. The molecule has 1 atom stereocenters. The van der Waals surface area contributed by atoms with Gasteiger partial charge in [-0.1, -0.05) is 0 Å². The highest BCUT2D eigenvalue weighted by molar-refractivity contribution is 6.35. The Hall–Kier alpha value is -1.63. The third-order valence-electron chi connectivity index (χ3n) is 2.43. The maximum absolute atomic E-state index is 11.8. The molecule has 0 radical (unpaired) electrons. The molecule has 0 heterocycles. The molecule has 7 heteroatoms. The predicted octanol–water partition coefficient (Wildman–Crippen LogP) is -1.57. The van der Waals surface area contributed by atoms with E-state index in [0.29, 0.717) is 13.1 Å². The molecule has 1 unspecified atom stereocenters. The molecule has 0 aromatic rings. The Morgan fingerprint density at radius 2 is 1.72 bits per heavy atom. The zero-order valence-electron chi connectivity index (χ0n) is 11.2. The summed E-state index contributed by atoms with van der Waals surface area (Å²) in [5.41, 5.74) is 5.19. The van der Waals surface area contributed by atoms with Gasteiger partial charge in [0.15, 0.2) is 0 Å². The van der Waals surface area contributed by atoms with Crippen LogP contribution in [0.25, 0.3) is 0 Å². The van der Waals surface area contributed by atoms with Gasteiger partial charge in [0.25, 0.3) is 0 Å². The van der Waals surface area contributed by atoms with Crippen molar-refractivity contribution in [3.05, 3.63) is 0 Å². The van der Waals surface area contributed by atoms with Crippen molar-refractivity contribution < 1.29 is 14.4 Å². The first-order valence-electron chi connectivity index (χ1n) is 6.05. The Labute approximate surface area is 107 Å². The zero-order chi connectivity index (χ0) is 14.1. The first-order valence-corrected chi connectivity index (χ1v) is 6.05. The van der Waals surface area contributed by atoms with Crippen LogP contribution in [0, 0.1) is 0 Å². The van der Waals surface area contributed by atoms with Gasteiger partial charge in [-0.2, -0.15) is 0 Å². The molecule has 0 aromatic heterocycles. The lowest BCUT2D eigenvalue weighted by Gasteiger charge is -2.23. The van der Waals surface area contributed by atoms with E-state index in [0.717, 1.165) is 0 Å². The molecule has 0 aromatic carbocycles. The normalized spacial score (nSPS) is 11.6. The van der Waals surface area contributed by atoms with E-state index < -0.39 is 17.9 Å². The lowest BCUT2D eigenvalue weighted by Crippen LogP contribution is -2.51. The zero-order valence-corrected chi connectivity index (χ0v) is 11.2. The van der Waals surface area contributed by atoms with Crippen molar-refractivity contribution in [2.24, 2.45) is 5.73 Å². The number of carbonyl (C=O) groups is 3. The van der Waals surface area contributed by atoms with Crippen LogP contribution in [0.5, 0.6) is 0 Å². The van der Waals surface area contributed by atoms with E-state index in [4.69, 9.17) is 5.73 Å². The second-order valence-corrected chi connectivity index (χ2v) is 3.75. The molecule has 0 fully saturated rings. The third-order valence-corrected chi connectivity index (χ3v) is 2.43. The molecule has 0 aliphatic heterocycles. The van der Waals surface area contributed by atoms with E-state index in [9.17, 15) is 14.4 Å². The molecule has 0 aliphatic carbocycles. The van der Waals surface area contributed by atoms with Gasteiger partial charge in [-0.15, -0.1) is 0 Å². The summed E-state index contributed by atoms with van der Waals surface area (Å²) in [4.78, 5) is 36.1. The summed E-state index contributed by atoms with van der Waals surface area (Å²) in [6, 6.07) is -0.721. The second kappa shape index (κ2) is 8.46. The first kappa shape index (κ1) is 16.4. The minimum atomic E-state index is -0.823. The number of hydrogen-bond donors (Lipinski definition) is 3. The number of hydrogen-bond acceptors (Lipinski definition) is 4. The first-order chi connectivity index (χ1) is 8.47. The summed E-state index contributed by atoms with van der Waals surface area (Å²) < 4.78 is 0. The number of carbonyl (C=O) groups excluding carboxylic acids is 3. The molecule has 7 nitrogen and oxygen atoms in total. The van der Waals surface area contributed by atoms with Crippen LogP contribution in [-0.4, -0.2) is 54.8 Å². The van der Waals surface area contributed by atoms with Crippen molar-refractivity contribution in [2.45, 2.75) is 26.8 Å². The average Bonchev–Trinajstić information content (AvgIpc) is 2.36. The molecule has 4 N–H and O–H groups in total. The molecule has 3 amide bonds. The van der Waals surface area contributed by atoms with Crippen molar-refractivity contribution in [2.75, 3.05) is 26.2 Å². The largest absolute Gasteiger partial charge is 0.347 e. The molecule has 0 rings (SSSR count). The van der Waals surface area contributed by atoms with E-state index in [1.54, 1.807) is 11.8 Å². The Morgan fingerprint density at radius 3 is 2.17 bits per heavy atom. The van der Waals surface area contributed by atoms with Gasteiger partial charge in [0.2, 0.25) is 5.91 Å². The molecule has 0 saturated heterocycles. The number of amides is 3. The topological polar surface area (TPSA) is 105 Å². The third kappa shape index (κ3) is 5.13. The van der Waals surface area contributed by atoms with Crippen molar-refractivity contribution >= 4 is 17.7 Å². The molecule has 0 spiro atoms. The van der Waals surface area contributed by atoms with Gasteiger partial charge in [0.1, 0.15) is 6.04 Å². The molecule has 104 valence electrons. The Balaban J connectivity index is 4.29. The van der Waals surface area contributed by atoms with E-state index in [2.05, 4.69) is 10.6 Å². The van der Waals surface area contributed by atoms with Gasteiger partial charge in [-0.3, -0.25) is 14.4 Å². The van der Waals surface area contributed by atoms with Crippen molar-refractivity contribution in [1.29, 1.82) is 0 Å². The number of nitrogens with zero attached hydrogens (tertiary/aromatic N) is 1. The Kier molecular flexibility index (Phi) is 7.69. The van der Waals surface area contributed by atoms with Gasteiger partial charge < -0.3 is 21.3 Å². The van der Waals surface area contributed by atoms with E-state index in [1.807, 2.05) is 13.8 Å². The van der Waals surface area contributed by atoms with Crippen LogP contribution in [0.1, 0.15) is 20.8 Å². The monoisotopic (exact) mass is 258 g/mol. The van der Waals surface area contributed by atoms with Crippen LogP contribution in [-0.2, 0) is 14.4 Å². The predicted molar refractivity (Wildman–Crippen MR) is 67.6 cm³/mol. The quantitative estimate of drug-likeness (QED) is 0.501. The number of rotatable bonds is 6. The smallest absolute Gasteiger partial charge is 0.309 e. The Bertz CT molecular complexity index is 303. The summed E-state index contributed by atoms with van der Waals surface area (Å²) in [6.07, 6.45) is 0. The van der Waals surface area contributed by atoms with Gasteiger partial charge in [-0.25, -0.2) is 0 Å². The summed E-state index contributed by atoms with van der Waals surface area (Å²) in [5.74, 6) is -1.81. The number of nitrogens with one attached hydrogen (secondary N) is 2. The van der Waals surface area contributed by atoms with Crippen LogP contribution < -0.4 is 16.4 Å². The summed E-state index contributed by atoms with van der Waals surface area (Å²) in [7, 11) is 0. The van der Waals surface area contributed by atoms with Crippen LogP contribution in [0.3, 0.4) is 0 Å². The maximum Gasteiger partial charge on any atom is 0.309 e. The standard InChI is InChI=1S/C11H22N4O3/c1-4-15(5-2)11(18)8(3)14-10(17)9(16)13-7-6-12/h8H,4-7,12H2,1-3H3,(H,13,16)(H,14,17). The van der Waals surface area contributed by atoms with E-state index >= 15 is 0 Å². The highest BCUT2D eigenvalue weighted by Crippen LogP contribution is 1.94. The Morgan fingerprint density at radius 1 is 1.17 bits per heavy atom. The fourth-order valence-electron chi connectivity index (χ4n) is 1.40. The number of likely N-dealkylation sites (N-methyl/N-ethyl adjacent to an activating group) is 1. The SMILES string of the molecule is CCN(CC)C(=O)C(C)NC(=O)C(=O)NCCN. The molecular weight excluding hydrogens is 236 g/mol. The minimum absolute atomic E-state index is 0.208. The van der Waals surface area contributed by atoms with Crippen molar-refractivity contribution in [3.63, 3.8) is 0 Å². The van der Waals surface area contributed by atoms with Crippen LogP contribution in [0.15, 0.2) is 0 Å². The van der Waals surface area contributed by atoms with Crippen LogP contribution >= 0.6 is 0 Å². The van der Waals surface area contributed by atoms with E-state index in [1.165, 1.54) is 0 Å². The summed E-state index contributed by atoms with van der Waals surface area (Å²) in [6.45, 7) is 6.87. The van der Waals surface area contributed by atoms with Gasteiger partial charge >= 0.3 is 11.8 Å². The maximum atomic E-state index is 11.8. The molecule has 18 heavy (non-hydrogen) atoms. The fourth-order valence-corrected chi connectivity index (χ4v) is 1.40. The molecular formula is C11H22N4O3. The van der Waals surface area contributed by atoms with Crippen LogP contribution in [0.4, 0.5) is 0 Å². The average molecular weight is 258 g/mol. The summed E-state index contributed by atoms with van der Waals surface area (Å²) in [5, 5.41) is 4.69. The molecule has 0 aliphatic rings. The number of nitrogens with two attached hydrogens (primary N) is 1. The van der Waals surface area contributed by atoms with E-state index in [-0.39, 0.29) is 19.0 Å². The minimum Gasteiger partial charge on any atom is -0.347 e. The van der Waals surface area contributed by atoms with Crippen LogP contribution in [0.2, 0.25) is 0 Å². The van der Waals surface area contributed by atoms with Crippen molar-refractivity contribution in [1.82, 2.24) is 15.5 Å². The molecule has 0 bridgehead atoms. The van der Waals surface area contributed by atoms with Gasteiger partial charge in [-0.05, 0) is 20.8 Å². The fraction of sp³-hybridized carbons (Fsp3) is 0.727. The highest BCUT2D eigenvalue weighted by Gasteiger charge is 2.22. The second-order valence-electron chi connectivity index (χ2n) is 3.75. The lowest BCUT2D eigenvalue weighted by atomic mass is 10.2. The van der Waals surface area contributed by atoms with Gasteiger partial charge in [0.05, 0.1) is 0 Å². The molecule has 0 saturated carbocycles.